The number of carbonyl (C=O) groups excluding carboxylic acids is 2. The minimum absolute atomic E-state index is 0.0121. The van der Waals surface area contributed by atoms with Gasteiger partial charge in [0.1, 0.15) is 29.9 Å². The van der Waals surface area contributed by atoms with Gasteiger partial charge in [0, 0.05) is 12.1 Å². The van der Waals surface area contributed by atoms with Gasteiger partial charge >= 0.3 is 0 Å². The summed E-state index contributed by atoms with van der Waals surface area (Å²) >= 11 is 0. The van der Waals surface area contributed by atoms with E-state index < -0.39 is 39.9 Å². The number of hydrogen-bond acceptors (Lipinski definition) is 5. The summed E-state index contributed by atoms with van der Waals surface area (Å²) < 4.78 is 48.9. The lowest BCUT2D eigenvalue weighted by atomic mass is 10.1. The fourth-order valence-corrected chi connectivity index (χ4v) is 6.24. The molecular weight excluding hydrogens is 605 g/mol. The summed E-state index contributed by atoms with van der Waals surface area (Å²) in [6.07, 6.45) is 0.269. The fourth-order valence-electron chi connectivity index (χ4n) is 4.83. The number of carbonyl (C=O) groups is 2. The Kier molecular flexibility index (Phi) is 10.8. The summed E-state index contributed by atoms with van der Waals surface area (Å²) in [6.45, 7) is 8.53. The van der Waals surface area contributed by atoms with Crippen molar-refractivity contribution < 1.29 is 27.1 Å². The van der Waals surface area contributed by atoms with Crippen LogP contribution in [-0.2, 0) is 26.2 Å². The van der Waals surface area contributed by atoms with Gasteiger partial charge in [-0.15, -0.1) is 0 Å². The van der Waals surface area contributed by atoms with Crippen molar-refractivity contribution in [2.24, 2.45) is 0 Å². The van der Waals surface area contributed by atoms with Crippen LogP contribution in [0.5, 0.6) is 11.5 Å². The SMILES string of the molecule is CC[C@@H](C(=O)NC(C)(C)C)N(Cc1ccc(F)cc1)C(=O)CN(c1ccc(Oc2ccccc2)cc1)S(=O)(=O)c1ccc(C)cc1. The molecule has 0 bridgehead atoms. The van der Waals surface area contributed by atoms with E-state index in [9.17, 15) is 22.4 Å². The van der Waals surface area contributed by atoms with Crippen LogP contribution >= 0.6 is 0 Å². The number of ether oxygens (including phenoxy) is 1. The number of nitrogens with one attached hydrogen (secondary N) is 1. The van der Waals surface area contributed by atoms with E-state index in [1.165, 1.54) is 41.3 Å². The standard InChI is InChI=1S/C36H40FN3O5S/c1-6-33(35(42)38-36(3,4)5)39(24-27-14-16-28(37)17-15-27)34(41)25-40(46(43,44)32-22-12-26(2)13-23-32)29-18-20-31(21-19-29)45-30-10-8-7-9-11-30/h7-23,33H,6,24-25H2,1-5H3,(H,38,42)/t33-/m0/s1. The third kappa shape index (κ3) is 8.94. The quantitative estimate of drug-likeness (QED) is 0.182. The summed E-state index contributed by atoms with van der Waals surface area (Å²) in [6, 6.07) is 26.7. The highest BCUT2D eigenvalue weighted by molar-refractivity contribution is 7.92. The van der Waals surface area contributed by atoms with E-state index in [4.69, 9.17) is 4.74 Å². The lowest BCUT2D eigenvalue weighted by molar-refractivity contribution is -0.141. The van der Waals surface area contributed by atoms with Crippen molar-refractivity contribution in [2.75, 3.05) is 10.8 Å². The van der Waals surface area contributed by atoms with Gasteiger partial charge in [0.05, 0.1) is 10.6 Å². The first kappa shape index (κ1) is 34.2. The van der Waals surface area contributed by atoms with E-state index in [2.05, 4.69) is 5.32 Å². The average Bonchev–Trinajstić information content (AvgIpc) is 3.01. The van der Waals surface area contributed by atoms with Gasteiger partial charge in [-0.05, 0) is 100 Å². The van der Waals surface area contributed by atoms with E-state index >= 15 is 0 Å². The van der Waals surface area contributed by atoms with Crippen LogP contribution < -0.4 is 14.4 Å². The zero-order chi connectivity index (χ0) is 33.5. The van der Waals surface area contributed by atoms with Crippen molar-refractivity contribution in [3.8, 4) is 11.5 Å². The van der Waals surface area contributed by atoms with Crippen molar-refractivity contribution in [3.63, 3.8) is 0 Å². The predicted molar refractivity (Wildman–Crippen MR) is 178 cm³/mol. The first-order chi connectivity index (χ1) is 21.8. The number of hydrogen-bond donors (Lipinski definition) is 1. The molecule has 0 unspecified atom stereocenters. The Balaban J connectivity index is 1.73. The minimum atomic E-state index is -4.24. The molecule has 4 aromatic rings. The molecule has 0 spiro atoms. The molecule has 0 saturated heterocycles. The van der Waals surface area contributed by atoms with Crippen LogP contribution in [0.3, 0.4) is 0 Å². The predicted octanol–water partition coefficient (Wildman–Crippen LogP) is 6.84. The fraction of sp³-hybridized carbons (Fsp3) is 0.278. The minimum Gasteiger partial charge on any atom is -0.457 e. The van der Waals surface area contributed by atoms with E-state index in [0.29, 0.717) is 17.1 Å². The highest BCUT2D eigenvalue weighted by Crippen LogP contribution is 2.29. The molecule has 0 heterocycles. The molecule has 2 amide bonds. The molecule has 0 aliphatic rings. The van der Waals surface area contributed by atoms with Crippen molar-refractivity contribution in [1.82, 2.24) is 10.2 Å². The Morgan fingerprint density at radius 2 is 1.43 bits per heavy atom. The van der Waals surface area contributed by atoms with Crippen molar-refractivity contribution in [3.05, 3.63) is 120 Å². The maximum atomic E-state index is 14.2. The number of para-hydroxylation sites is 1. The maximum Gasteiger partial charge on any atom is 0.264 e. The highest BCUT2D eigenvalue weighted by Gasteiger charge is 2.34. The third-order valence-corrected chi connectivity index (χ3v) is 8.93. The number of amides is 2. The van der Waals surface area contributed by atoms with Crippen molar-refractivity contribution in [1.29, 1.82) is 0 Å². The first-order valence-electron chi connectivity index (χ1n) is 15.0. The van der Waals surface area contributed by atoms with E-state index in [-0.39, 0.29) is 29.5 Å². The van der Waals surface area contributed by atoms with Crippen LogP contribution in [0.1, 0.15) is 45.2 Å². The van der Waals surface area contributed by atoms with Gasteiger partial charge in [-0.25, -0.2) is 12.8 Å². The van der Waals surface area contributed by atoms with Gasteiger partial charge in [-0.1, -0.05) is 55.0 Å². The molecule has 0 aliphatic carbocycles. The molecule has 0 aromatic heterocycles. The molecule has 1 atom stereocenters. The maximum absolute atomic E-state index is 14.2. The molecular formula is C36H40FN3O5S. The van der Waals surface area contributed by atoms with Gasteiger partial charge in [-0.2, -0.15) is 0 Å². The van der Waals surface area contributed by atoms with Crippen molar-refractivity contribution >= 4 is 27.5 Å². The number of anilines is 1. The van der Waals surface area contributed by atoms with Crippen LogP contribution in [0.15, 0.2) is 108 Å². The van der Waals surface area contributed by atoms with Gasteiger partial charge < -0.3 is 15.0 Å². The average molecular weight is 646 g/mol. The molecule has 0 fully saturated rings. The number of benzene rings is 4. The van der Waals surface area contributed by atoms with Crippen LogP contribution in [0.4, 0.5) is 10.1 Å². The van der Waals surface area contributed by atoms with E-state index in [1.807, 2.05) is 45.9 Å². The number of sulfonamides is 1. The summed E-state index contributed by atoms with van der Waals surface area (Å²) in [5.41, 5.74) is 1.14. The first-order valence-corrected chi connectivity index (χ1v) is 16.5. The molecule has 4 aromatic carbocycles. The molecule has 1 N–H and O–H groups in total. The van der Waals surface area contributed by atoms with Crippen LogP contribution in [-0.4, -0.2) is 43.3 Å². The molecule has 10 heteroatoms. The smallest absolute Gasteiger partial charge is 0.264 e. The second kappa shape index (κ2) is 14.6. The highest BCUT2D eigenvalue weighted by atomic mass is 32.2. The van der Waals surface area contributed by atoms with Crippen LogP contribution in [0.25, 0.3) is 0 Å². The van der Waals surface area contributed by atoms with Gasteiger partial charge in [0.25, 0.3) is 10.0 Å². The lowest BCUT2D eigenvalue weighted by Gasteiger charge is -2.34. The Labute approximate surface area is 270 Å². The number of aryl methyl sites for hydroxylation is 1. The van der Waals surface area contributed by atoms with Gasteiger partial charge in [-0.3, -0.25) is 13.9 Å². The Morgan fingerprint density at radius 1 is 0.848 bits per heavy atom. The van der Waals surface area contributed by atoms with Gasteiger partial charge in [0.2, 0.25) is 11.8 Å². The third-order valence-electron chi connectivity index (χ3n) is 7.14. The number of halogens is 1. The topological polar surface area (TPSA) is 96.0 Å². The molecule has 0 aliphatic heterocycles. The van der Waals surface area contributed by atoms with E-state index in [1.54, 1.807) is 55.5 Å². The zero-order valence-electron chi connectivity index (χ0n) is 26.7. The summed E-state index contributed by atoms with van der Waals surface area (Å²) in [7, 11) is -4.24. The Hall–Kier alpha value is -4.70. The van der Waals surface area contributed by atoms with Crippen LogP contribution in [0, 0.1) is 12.7 Å². The summed E-state index contributed by atoms with van der Waals surface area (Å²) in [5.74, 6) is -0.308. The zero-order valence-corrected chi connectivity index (χ0v) is 27.6. The second-order valence-corrected chi connectivity index (χ2v) is 13.9. The summed E-state index contributed by atoms with van der Waals surface area (Å²) in [4.78, 5) is 29.1. The van der Waals surface area contributed by atoms with Crippen molar-refractivity contribution in [2.45, 2.75) is 64.1 Å². The molecule has 0 saturated carbocycles. The Morgan fingerprint density at radius 3 is 2.00 bits per heavy atom. The Bertz CT molecular complexity index is 1720. The monoisotopic (exact) mass is 645 g/mol. The van der Waals surface area contributed by atoms with Gasteiger partial charge in [0.15, 0.2) is 0 Å². The largest absolute Gasteiger partial charge is 0.457 e. The second-order valence-electron chi connectivity index (χ2n) is 12.0. The molecule has 0 radical (unpaired) electrons. The van der Waals surface area contributed by atoms with Crippen LogP contribution in [0.2, 0.25) is 0 Å². The summed E-state index contributed by atoms with van der Waals surface area (Å²) in [5, 5.41) is 2.93. The molecule has 242 valence electrons. The van der Waals surface area contributed by atoms with E-state index in [0.717, 1.165) is 9.87 Å². The number of nitrogens with zero attached hydrogens (tertiary/aromatic N) is 2. The number of rotatable bonds is 12. The lowest BCUT2D eigenvalue weighted by Crippen LogP contribution is -2.55. The molecule has 4 rings (SSSR count). The normalized spacial score (nSPS) is 12.2. The molecule has 8 nitrogen and oxygen atoms in total. The molecule has 46 heavy (non-hydrogen) atoms.